The standard InChI is InChI=1S/C18H20N6/c1-3-4-10(2)18-22-15-12-6-5-11(13-7-8-20-24-13)9-14(12)21-17(19)16(15)23-18/h5-10H,3-4H2,1-2H3,(H2,19,21)(H,20,24)(H,22,23). The molecule has 0 fully saturated rings. The maximum absolute atomic E-state index is 6.18. The summed E-state index contributed by atoms with van der Waals surface area (Å²) in [6.45, 7) is 4.37. The van der Waals surface area contributed by atoms with Crippen molar-refractivity contribution in [2.75, 3.05) is 5.73 Å². The molecule has 3 heterocycles. The van der Waals surface area contributed by atoms with E-state index < -0.39 is 0 Å². The number of benzene rings is 1. The number of H-pyrrole nitrogens is 2. The molecule has 1 aromatic carbocycles. The van der Waals surface area contributed by atoms with Gasteiger partial charge in [0, 0.05) is 23.1 Å². The normalized spacial score (nSPS) is 12.9. The quantitative estimate of drug-likeness (QED) is 0.530. The van der Waals surface area contributed by atoms with E-state index in [4.69, 9.17) is 10.7 Å². The van der Waals surface area contributed by atoms with Gasteiger partial charge in [0.15, 0.2) is 0 Å². The molecule has 0 radical (unpaired) electrons. The summed E-state index contributed by atoms with van der Waals surface area (Å²) >= 11 is 0. The number of imidazole rings is 1. The molecular weight excluding hydrogens is 300 g/mol. The van der Waals surface area contributed by atoms with Gasteiger partial charge in [-0.2, -0.15) is 5.10 Å². The van der Waals surface area contributed by atoms with Gasteiger partial charge >= 0.3 is 0 Å². The number of nitrogens with two attached hydrogens (primary N) is 1. The first-order valence-electron chi connectivity index (χ1n) is 8.26. The molecule has 3 aromatic heterocycles. The number of aromatic amines is 2. The molecule has 0 aliphatic rings. The highest BCUT2D eigenvalue weighted by atomic mass is 15.1. The molecule has 4 aromatic rings. The van der Waals surface area contributed by atoms with E-state index in [9.17, 15) is 0 Å². The first-order valence-corrected chi connectivity index (χ1v) is 8.26. The van der Waals surface area contributed by atoms with Crippen LogP contribution in [0.3, 0.4) is 0 Å². The Morgan fingerprint density at radius 1 is 1.21 bits per heavy atom. The number of rotatable bonds is 4. The van der Waals surface area contributed by atoms with E-state index >= 15 is 0 Å². The smallest absolute Gasteiger partial charge is 0.150 e. The van der Waals surface area contributed by atoms with Gasteiger partial charge in [0.2, 0.25) is 0 Å². The Bertz CT molecular complexity index is 999. The molecule has 0 amide bonds. The third-order valence-electron chi connectivity index (χ3n) is 4.47. The van der Waals surface area contributed by atoms with Gasteiger partial charge in [-0.05, 0) is 24.6 Å². The second kappa shape index (κ2) is 5.63. The van der Waals surface area contributed by atoms with Crippen molar-refractivity contribution in [1.29, 1.82) is 0 Å². The minimum atomic E-state index is 0.376. The van der Waals surface area contributed by atoms with Gasteiger partial charge in [0.05, 0.1) is 11.2 Å². The first-order chi connectivity index (χ1) is 11.7. The Hall–Kier alpha value is -2.89. The fourth-order valence-electron chi connectivity index (χ4n) is 3.17. The number of nitrogens with zero attached hydrogens (tertiary/aromatic N) is 3. The second-order valence-electron chi connectivity index (χ2n) is 6.23. The third-order valence-corrected chi connectivity index (χ3v) is 4.47. The summed E-state index contributed by atoms with van der Waals surface area (Å²) in [4.78, 5) is 12.8. The lowest BCUT2D eigenvalue weighted by Gasteiger charge is -2.04. The van der Waals surface area contributed by atoms with Gasteiger partial charge in [0.1, 0.15) is 22.7 Å². The molecule has 0 aliphatic carbocycles. The molecule has 6 nitrogen and oxygen atoms in total. The number of anilines is 1. The molecule has 4 rings (SSSR count). The summed E-state index contributed by atoms with van der Waals surface area (Å²) in [7, 11) is 0. The van der Waals surface area contributed by atoms with Crippen LogP contribution in [0.15, 0.2) is 30.5 Å². The van der Waals surface area contributed by atoms with E-state index in [1.54, 1.807) is 6.20 Å². The van der Waals surface area contributed by atoms with E-state index in [1.807, 2.05) is 12.1 Å². The molecule has 1 atom stereocenters. The summed E-state index contributed by atoms with van der Waals surface area (Å²) in [6.07, 6.45) is 3.95. The molecule has 24 heavy (non-hydrogen) atoms. The van der Waals surface area contributed by atoms with E-state index in [1.165, 1.54) is 0 Å². The van der Waals surface area contributed by atoms with E-state index in [0.717, 1.165) is 51.9 Å². The highest BCUT2D eigenvalue weighted by Gasteiger charge is 2.15. The number of nitrogen functional groups attached to an aromatic ring is 1. The fourth-order valence-corrected chi connectivity index (χ4v) is 3.17. The summed E-state index contributed by atoms with van der Waals surface area (Å²) < 4.78 is 0. The Morgan fingerprint density at radius 3 is 2.83 bits per heavy atom. The Labute approximate surface area is 139 Å². The number of nitrogens with one attached hydrogen (secondary N) is 2. The zero-order chi connectivity index (χ0) is 16.7. The van der Waals surface area contributed by atoms with Crippen molar-refractivity contribution in [2.45, 2.75) is 32.6 Å². The maximum Gasteiger partial charge on any atom is 0.150 e. The largest absolute Gasteiger partial charge is 0.382 e. The Kier molecular flexibility index (Phi) is 3.45. The highest BCUT2D eigenvalue weighted by Crippen LogP contribution is 2.31. The van der Waals surface area contributed by atoms with Gasteiger partial charge in [-0.15, -0.1) is 0 Å². The number of hydrogen-bond donors (Lipinski definition) is 3. The lowest BCUT2D eigenvalue weighted by molar-refractivity contribution is 0.636. The van der Waals surface area contributed by atoms with Crippen LogP contribution >= 0.6 is 0 Å². The van der Waals surface area contributed by atoms with Crippen LogP contribution in [0.5, 0.6) is 0 Å². The van der Waals surface area contributed by atoms with Crippen LogP contribution in [-0.2, 0) is 0 Å². The maximum atomic E-state index is 6.18. The van der Waals surface area contributed by atoms with Crippen LogP contribution in [0.25, 0.3) is 33.2 Å². The zero-order valence-corrected chi connectivity index (χ0v) is 13.8. The van der Waals surface area contributed by atoms with E-state index in [0.29, 0.717) is 11.7 Å². The molecule has 4 N–H and O–H groups in total. The predicted molar refractivity (Wildman–Crippen MR) is 96.7 cm³/mol. The van der Waals surface area contributed by atoms with Gasteiger partial charge in [-0.1, -0.05) is 26.3 Å². The molecule has 1 unspecified atom stereocenters. The Morgan fingerprint density at radius 2 is 2.08 bits per heavy atom. The van der Waals surface area contributed by atoms with Crippen molar-refractivity contribution < 1.29 is 0 Å². The molecule has 122 valence electrons. The average Bonchev–Trinajstić information content (AvgIpc) is 3.25. The van der Waals surface area contributed by atoms with Crippen LogP contribution in [0.4, 0.5) is 5.82 Å². The summed E-state index contributed by atoms with van der Waals surface area (Å²) in [5.74, 6) is 1.84. The van der Waals surface area contributed by atoms with Crippen molar-refractivity contribution in [1.82, 2.24) is 25.1 Å². The Balaban J connectivity index is 1.90. The zero-order valence-electron chi connectivity index (χ0n) is 13.8. The van der Waals surface area contributed by atoms with Crippen LogP contribution in [0.1, 0.15) is 38.4 Å². The minimum absolute atomic E-state index is 0.376. The SMILES string of the molecule is CCCC(C)c1nc2c([nH]1)c(N)nc1cc(-c3ccn[nH]3)ccc12. The van der Waals surface area contributed by atoms with Gasteiger partial charge in [0.25, 0.3) is 0 Å². The minimum Gasteiger partial charge on any atom is -0.382 e. The topological polar surface area (TPSA) is 96.3 Å². The first kappa shape index (κ1) is 14.7. The van der Waals surface area contributed by atoms with Crippen molar-refractivity contribution in [3.8, 4) is 11.3 Å². The van der Waals surface area contributed by atoms with Gasteiger partial charge in [-0.3, -0.25) is 5.10 Å². The molecule has 0 saturated carbocycles. The van der Waals surface area contributed by atoms with Gasteiger partial charge < -0.3 is 10.7 Å². The number of aromatic nitrogens is 5. The molecule has 0 saturated heterocycles. The van der Waals surface area contributed by atoms with Crippen molar-refractivity contribution in [3.05, 3.63) is 36.3 Å². The number of pyridine rings is 1. The van der Waals surface area contributed by atoms with Crippen molar-refractivity contribution >= 4 is 27.8 Å². The average molecular weight is 320 g/mol. The highest BCUT2D eigenvalue weighted by molar-refractivity contribution is 6.07. The lowest BCUT2D eigenvalue weighted by atomic mass is 10.1. The van der Waals surface area contributed by atoms with Gasteiger partial charge in [-0.25, -0.2) is 9.97 Å². The molecule has 6 heteroatoms. The number of hydrogen-bond acceptors (Lipinski definition) is 4. The summed E-state index contributed by atoms with van der Waals surface area (Å²) in [5, 5.41) is 7.98. The molecule has 0 aliphatic heterocycles. The van der Waals surface area contributed by atoms with Crippen LogP contribution < -0.4 is 5.73 Å². The predicted octanol–water partition coefficient (Wildman–Crippen LogP) is 3.99. The van der Waals surface area contributed by atoms with E-state index in [2.05, 4.69) is 46.1 Å². The number of fused-ring (bicyclic) bond motifs is 3. The third kappa shape index (κ3) is 2.31. The van der Waals surface area contributed by atoms with Crippen LogP contribution in [0.2, 0.25) is 0 Å². The van der Waals surface area contributed by atoms with Crippen molar-refractivity contribution in [3.63, 3.8) is 0 Å². The van der Waals surface area contributed by atoms with E-state index in [-0.39, 0.29) is 0 Å². The second-order valence-corrected chi connectivity index (χ2v) is 6.23. The van der Waals surface area contributed by atoms with Crippen LogP contribution in [0, 0.1) is 0 Å². The molecule has 0 bridgehead atoms. The fraction of sp³-hybridized carbons (Fsp3) is 0.278. The summed E-state index contributed by atoms with van der Waals surface area (Å²) in [6, 6.07) is 8.05. The lowest BCUT2D eigenvalue weighted by Crippen LogP contribution is -1.95. The summed E-state index contributed by atoms with van der Waals surface area (Å²) in [5.41, 5.74) is 10.7. The molecular formula is C18H20N6. The van der Waals surface area contributed by atoms with Crippen molar-refractivity contribution in [2.24, 2.45) is 0 Å². The van der Waals surface area contributed by atoms with Crippen LogP contribution in [-0.4, -0.2) is 25.1 Å². The monoisotopic (exact) mass is 320 g/mol. The molecule has 0 spiro atoms.